The minimum atomic E-state index is -0.780. The molecule has 1 saturated carbocycles. The fraction of sp³-hybridized carbons (Fsp3) is 0.474. The number of hydrogen-bond acceptors (Lipinski definition) is 5. The Morgan fingerprint density at radius 1 is 1.27 bits per heavy atom. The molecule has 0 aromatic carbocycles. The van der Waals surface area contributed by atoms with Gasteiger partial charge in [0.2, 0.25) is 5.88 Å². The number of rotatable bonds is 3. The maximum Gasteiger partial charge on any atom is 0.417 e. The van der Waals surface area contributed by atoms with Crippen LogP contribution in [0.5, 0.6) is 0 Å². The summed E-state index contributed by atoms with van der Waals surface area (Å²) in [7, 11) is 0. The van der Waals surface area contributed by atoms with E-state index in [0.29, 0.717) is 43.9 Å². The van der Waals surface area contributed by atoms with E-state index >= 15 is 0 Å². The normalized spacial score (nSPS) is 30.8. The predicted molar refractivity (Wildman–Crippen MR) is 90.3 cm³/mol. The smallest absolute Gasteiger partial charge is 0.417 e. The largest absolute Gasteiger partial charge is 0.481 e. The standard InChI is InChI=1S/C19H21NO6/c21-17(22)14-6-8-19(9-7-14)12-20(18(23)26-19)16-11-24-10-15(25-16)13-4-2-1-3-5-13/h1-2,4,10-11,14H,3,5-9,12H2,(H,21,22). The van der Waals surface area contributed by atoms with Gasteiger partial charge in [-0.2, -0.15) is 0 Å². The van der Waals surface area contributed by atoms with E-state index < -0.39 is 17.7 Å². The lowest BCUT2D eigenvalue weighted by Crippen LogP contribution is -2.40. The summed E-state index contributed by atoms with van der Waals surface area (Å²) in [4.78, 5) is 25.0. The fourth-order valence-corrected chi connectivity index (χ4v) is 3.83. The zero-order chi connectivity index (χ0) is 18.1. The summed E-state index contributed by atoms with van der Waals surface area (Å²) < 4.78 is 16.9. The van der Waals surface area contributed by atoms with Gasteiger partial charge in [0.05, 0.1) is 12.5 Å². The van der Waals surface area contributed by atoms with Gasteiger partial charge < -0.3 is 19.3 Å². The second-order valence-electron chi connectivity index (χ2n) is 7.08. The third kappa shape index (κ3) is 3.09. The molecule has 0 radical (unpaired) electrons. The topological polar surface area (TPSA) is 85.3 Å². The van der Waals surface area contributed by atoms with Crippen molar-refractivity contribution in [3.8, 4) is 0 Å². The Kier molecular flexibility index (Phi) is 4.22. The molecule has 4 aliphatic rings. The number of aliphatic carboxylic acids is 1. The maximum absolute atomic E-state index is 12.4. The molecule has 4 rings (SSSR count). The lowest BCUT2D eigenvalue weighted by atomic mass is 9.79. The van der Waals surface area contributed by atoms with E-state index in [9.17, 15) is 9.59 Å². The number of allylic oxidation sites excluding steroid dienone is 4. The van der Waals surface area contributed by atoms with Crippen LogP contribution in [0.3, 0.4) is 0 Å². The average Bonchev–Trinajstić information content (AvgIpc) is 2.99. The van der Waals surface area contributed by atoms with Gasteiger partial charge in [-0.05, 0) is 44.1 Å². The molecule has 138 valence electrons. The SMILES string of the molecule is O=C(O)C1CCC2(CC1)CN(C1=COC=C(C3=CC=CCC3)O1)C(=O)O2. The van der Waals surface area contributed by atoms with Crippen molar-refractivity contribution in [1.82, 2.24) is 4.90 Å². The molecule has 2 aliphatic heterocycles. The van der Waals surface area contributed by atoms with Gasteiger partial charge >= 0.3 is 12.1 Å². The van der Waals surface area contributed by atoms with Crippen LogP contribution in [0, 0.1) is 5.92 Å². The number of ether oxygens (including phenoxy) is 3. The molecule has 2 aliphatic carbocycles. The second kappa shape index (κ2) is 6.55. The van der Waals surface area contributed by atoms with Gasteiger partial charge in [-0.15, -0.1) is 0 Å². The highest BCUT2D eigenvalue weighted by atomic mass is 16.6. The van der Waals surface area contributed by atoms with Crippen LogP contribution in [-0.2, 0) is 19.0 Å². The predicted octanol–water partition coefficient (Wildman–Crippen LogP) is 3.42. The minimum Gasteiger partial charge on any atom is -0.481 e. The van der Waals surface area contributed by atoms with Crippen LogP contribution in [-0.4, -0.2) is 34.2 Å². The summed E-state index contributed by atoms with van der Waals surface area (Å²) in [6.07, 6.45) is 12.4. The molecule has 0 unspecified atom stereocenters. The van der Waals surface area contributed by atoms with Crippen molar-refractivity contribution in [3.05, 3.63) is 48.0 Å². The number of carboxylic acids is 1. The summed E-state index contributed by atoms with van der Waals surface area (Å²) in [5, 5.41) is 9.15. The molecule has 1 amide bonds. The van der Waals surface area contributed by atoms with Crippen molar-refractivity contribution in [3.63, 3.8) is 0 Å². The molecule has 0 atom stereocenters. The van der Waals surface area contributed by atoms with Gasteiger partial charge in [-0.25, -0.2) is 9.69 Å². The molecule has 0 aromatic heterocycles. The third-order valence-corrected chi connectivity index (χ3v) is 5.37. The number of carbonyl (C=O) groups is 2. The van der Waals surface area contributed by atoms with Crippen molar-refractivity contribution in [2.45, 2.75) is 44.1 Å². The lowest BCUT2D eigenvalue weighted by Gasteiger charge is -2.33. The molecular formula is C19H21NO6. The van der Waals surface area contributed by atoms with Gasteiger partial charge in [-0.3, -0.25) is 4.79 Å². The Bertz CT molecular complexity index is 739. The Labute approximate surface area is 151 Å². The van der Waals surface area contributed by atoms with Crippen LogP contribution in [0.1, 0.15) is 38.5 Å². The molecule has 26 heavy (non-hydrogen) atoms. The van der Waals surface area contributed by atoms with Crippen molar-refractivity contribution < 1.29 is 28.9 Å². The summed E-state index contributed by atoms with van der Waals surface area (Å²) >= 11 is 0. The van der Waals surface area contributed by atoms with Gasteiger partial charge in [-0.1, -0.05) is 18.2 Å². The zero-order valence-electron chi connectivity index (χ0n) is 14.3. The monoisotopic (exact) mass is 359 g/mol. The Hall–Kier alpha value is -2.70. The molecule has 2 heterocycles. The highest BCUT2D eigenvalue weighted by Gasteiger charge is 2.50. The average molecular weight is 359 g/mol. The fourth-order valence-electron chi connectivity index (χ4n) is 3.83. The first kappa shape index (κ1) is 16.8. The highest BCUT2D eigenvalue weighted by Crippen LogP contribution is 2.41. The van der Waals surface area contributed by atoms with E-state index in [-0.39, 0.29) is 5.92 Å². The summed E-state index contributed by atoms with van der Waals surface area (Å²) in [6, 6.07) is 0. The highest BCUT2D eigenvalue weighted by molar-refractivity contribution is 5.73. The molecule has 7 heteroatoms. The quantitative estimate of drug-likeness (QED) is 0.831. The van der Waals surface area contributed by atoms with Gasteiger partial charge in [0, 0.05) is 0 Å². The first-order valence-electron chi connectivity index (χ1n) is 8.89. The van der Waals surface area contributed by atoms with Crippen LogP contribution < -0.4 is 0 Å². The summed E-state index contributed by atoms with van der Waals surface area (Å²) in [6.45, 7) is 0.347. The van der Waals surface area contributed by atoms with Crippen molar-refractivity contribution in [2.24, 2.45) is 5.92 Å². The van der Waals surface area contributed by atoms with Crippen LogP contribution in [0.25, 0.3) is 0 Å². The first-order chi connectivity index (χ1) is 12.6. The van der Waals surface area contributed by atoms with E-state index in [1.165, 1.54) is 17.4 Å². The Morgan fingerprint density at radius 3 is 2.77 bits per heavy atom. The molecule has 0 bridgehead atoms. The Balaban J connectivity index is 1.43. The number of amides is 1. The van der Waals surface area contributed by atoms with Crippen molar-refractivity contribution in [1.29, 1.82) is 0 Å². The number of nitrogens with zero attached hydrogens (tertiary/aromatic N) is 1. The van der Waals surface area contributed by atoms with Crippen molar-refractivity contribution in [2.75, 3.05) is 6.54 Å². The molecule has 1 saturated heterocycles. The first-order valence-corrected chi connectivity index (χ1v) is 8.89. The maximum atomic E-state index is 12.4. The lowest BCUT2D eigenvalue weighted by molar-refractivity contribution is -0.144. The van der Waals surface area contributed by atoms with Crippen LogP contribution in [0.4, 0.5) is 4.79 Å². The minimum absolute atomic E-state index is 0.306. The van der Waals surface area contributed by atoms with Crippen molar-refractivity contribution >= 4 is 12.1 Å². The Morgan fingerprint density at radius 2 is 2.08 bits per heavy atom. The summed E-state index contributed by atoms with van der Waals surface area (Å²) in [5.41, 5.74) is 0.379. The molecule has 1 N–H and O–H groups in total. The van der Waals surface area contributed by atoms with Crippen LogP contribution in [0.15, 0.2) is 48.0 Å². The van der Waals surface area contributed by atoms with Gasteiger partial charge in [0.1, 0.15) is 11.9 Å². The molecule has 2 fully saturated rings. The van der Waals surface area contributed by atoms with Crippen LogP contribution >= 0.6 is 0 Å². The van der Waals surface area contributed by atoms with E-state index in [1.807, 2.05) is 12.2 Å². The molecule has 7 nitrogen and oxygen atoms in total. The molecule has 0 aromatic rings. The number of carboxylic acid groups (broad SMARTS) is 1. The van der Waals surface area contributed by atoms with E-state index in [1.54, 1.807) is 0 Å². The van der Waals surface area contributed by atoms with E-state index in [4.69, 9.17) is 19.3 Å². The molecule has 1 spiro atoms. The van der Waals surface area contributed by atoms with Gasteiger partial charge in [0.25, 0.3) is 0 Å². The van der Waals surface area contributed by atoms with E-state index in [0.717, 1.165) is 18.4 Å². The summed E-state index contributed by atoms with van der Waals surface area (Å²) in [5.74, 6) is -0.240. The van der Waals surface area contributed by atoms with Gasteiger partial charge in [0.15, 0.2) is 12.0 Å². The third-order valence-electron chi connectivity index (χ3n) is 5.37. The zero-order valence-corrected chi connectivity index (χ0v) is 14.3. The number of hydrogen-bond donors (Lipinski definition) is 1. The second-order valence-corrected chi connectivity index (χ2v) is 7.08. The number of carbonyl (C=O) groups excluding carboxylic acids is 1. The molecular weight excluding hydrogens is 338 g/mol. The van der Waals surface area contributed by atoms with Crippen LogP contribution in [0.2, 0.25) is 0 Å². The van der Waals surface area contributed by atoms with E-state index in [2.05, 4.69) is 6.08 Å².